The molecule has 4 heteroatoms. The largest absolute Gasteiger partial charge is 0.508 e. The van der Waals surface area contributed by atoms with Crippen LogP contribution in [-0.4, -0.2) is 10.9 Å². The van der Waals surface area contributed by atoms with Gasteiger partial charge in [-0.25, -0.2) is 0 Å². The molecular weight excluding hydrogens is 344 g/mol. The molecule has 1 aliphatic carbocycles. The van der Waals surface area contributed by atoms with E-state index in [1.165, 1.54) is 6.92 Å². The highest BCUT2D eigenvalue weighted by Gasteiger charge is 2.29. The molecule has 2 aromatic rings. The van der Waals surface area contributed by atoms with Gasteiger partial charge in [0.2, 0.25) is 0 Å². The molecule has 0 saturated carbocycles. The summed E-state index contributed by atoms with van der Waals surface area (Å²) in [6, 6.07) is 11.5. The van der Waals surface area contributed by atoms with E-state index in [0.717, 1.165) is 15.6 Å². The van der Waals surface area contributed by atoms with E-state index >= 15 is 0 Å². The summed E-state index contributed by atoms with van der Waals surface area (Å²) in [4.78, 5) is 12.0. The number of carbonyl (C=O) groups excluding carboxylic acids is 1. The molecule has 1 aromatic heterocycles. The SMILES string of the molecule is CC(=O)C1=C(O)C=C(c2ccco2)C[C@@H]1c1cccc(Br)c1. The van der Waals surface area contributed by atoms with Crippen molar-refractivity contribution in [3.63, 3.8) is 0 Å². The highest BCUT2D eigenvalue weighted by atomic mass is 79.9. The molecule has 0 spiro atoms. The fourth-order valence-corrected chi connectivity index (χ4v) is 3.29. The van der Waals surface area contributed by atoms with Crippen LogP contribution in [0.15, 0.2) is 69.0 Å². The number of aliphatic hydroxyl groups is 1. The van der Waals surface area contributed by atoms with Crippen molar-refractivity contribution in [1.82, 2.24) is 0 Å². The molecule has 3 nitrogen and oxygen atoms in total. The van der Waals surface area contributed by atoms with Gasteiger partial charge in [-0.2, -0.15) is 0 Å². The van der Waals surface area contributed by atoms with E-state index in [2.05, 4.69) is 15.9 Å². The second-order valence-electron chi connectivity index (χ2n) is 5.31. The van der Waals surface area contributed by atoms with Crippen molar-refractivity contribution in [2.24, 2.45) is 0 Å². The number of halogens is 1. The van der Waals surface area contributed by atoms with E-state index < -0.39 is 0 Å². The quantitative estimate of drug-likeness (QED) is 0.838. The Morgan fingerprint density at radius 3 is 2.77 bits per heavy atom. The van der Waals surface area contributed by atoms with E-state index in [1.54, 1.807) is 12.3 Å². The average Bonchev–Trinajstić information content (AvgIpc) is 3.00. The Bertz CT molecular complexity index is 769. The van der Waals surface area contributed by atoms with E-state index in [1.807, 2.05) is 36.4 Å². The molecule has 0 fully saturated rings. The first kappa shape index (κ1) is 14.9. The van der Waals surface area contributed by atoms with Gasteiger partial charge in [-0.05, 0) is 54.8 Å². The van der Waals surface area contributed by atoms with Crippen molar-refractivity contribution in [2.75, 3.05) is 0 Å². The first-order valence-corrected chi connectivity index (χ1v) is 7.79. The van der Waals surface area contributed by atoms with Gasteiger partial charge in [0, 0.05) is 16.0 Å². The molecule has 1 atom stereocenters. The number of ketones is 1. The lowest BCUT2D eigenvalue weighted by Crippen LogP contribution is -2.16. The third-order valence-corrected chi connectivity index (χ3v) is 4.32. The molecule has 1 aliphatic rings. The molecule has 0 radical (unpaired) electrons. The minimum atomic E-state index is -0.180. The van der Waals surface area contributed by atoms with E-state index in [9.17, 15) is 9.90 Å². The predicted octanol–water partition coefficient (Wildman–Crippen LogP) is 5.01. The first-order valence-electron chi connectivity index (χ1n) is 7.00. The summed E-state index contributed by atoms with van der Waals surface area (Å²) in [5.41, 5.74) is 2.33. The number of furan rings is 1. The average molecular weight is 359 g/mol. The van der Waals surface area contributed by atoms with E-state index in [0.29, 0.717) is 17.8 Å². The van der Waals surface area contributed by atoms with Gasteiger partial charge in [-0.3, -0.25) is 4.79 Å². The Balaban J connectivity index is 2.09. The summed E-state index contributed by atoms with van der Waals surface area (Å²) in [6.07, 6.45) is 3.85. The van der Waals surface area contributed by atoms with Crippen LogP contribution in [-0.2, 0) is 4.79 Å². The molecule has 0 unspecified atom stereocenters. The first-order chi connectivity index (χ1) is 10.6. The lowest BCUT2D eigenvalue weighted by atomic mass is 9.79. The highest BCUT2D eigenvalue weighted by molar-refractivity contribution is 9.10. The zero-order valence-corrected chi connectivity index (χ0v) is 13.6. The molecule has 1 heterocycles. The number of hydrogen-bond donors (Lipinski definition) is 1. The fourth-order valence-electron chi connectivity index (χ4n) is 2.87. The van der Waals surface area contributed by atoms with Gasteiger partial charge in [-0.1, -0.05) is 28.1 Å². The van der Waals surface area contributed by atoms with Gasteiger partial charge in [0.05, 0.1) is 6.26 Å². The van der Waals surface area contributed by atoms with E-state index in [4.69, 9.17) is 4.42 Å². The number of rotatable bonds is 3. The summed E-state index contributed by atoms with van der Waals surface area (Å²) < 4.78 is 6.37. The molecule has 0 saturated heterocycles. The lowest BCUT2D eigenvalue weighted by Gasteiger charge is -2.25. The molecule has 0 aliphatic heterocycles. The summed E-state index contributed by atoms with van der Waals surface area (Å²) >= 11 is 3.46. The highest BCUT2D eigenvalue weighted by Crippen LogP contribution is 2.41. The van der Waals surface area contributed by atoms with Gasteiger partial charge < -0.3 is 9.52 Å². The molecule has 112 valence electrons. The van der Waals surface area contributed by atoms with Crippen molar-refractivity contribution in [3.8, 4) is 0 Å². The Hall–Kier alpha value is -2.07. The minimum Gasteiger partial charge on any atom is -0.508 e. The van der Waals surface area contributed by atoms with Crippen molar-refractivity contribution in [3.05, 3.63) is 75.9 Å². The van der Waals surface area contributed by atoms with Crippen LogP contribution in [0.5, 0.6) is 0 Å². The third kappa shape index (κ3) is 2.79. The van der Waals surface area contributed by atoms with Crippen LogP contribution in [0.25, 0.3) is 5.57 Å². The standard InChI is InChI=1S/C18H15BrO3/c1-11(20)18-15(12-4-2-5-14(19)8-12)9-13(10-16(18)21)17-6-3-7-22-17/h2-8,10,15,21H,9H2,1H3/t15-/m1/s1. The van der Waals surface area contributed by atoms with Crippen LogP contribution in [0, 0.1) is 0 Å². The number of allylic oxidation sites excluding steroid dienone is 3. The molecule has 3 rings (SSSR count). The van der Waals surface area contributed by atoms with Gasteiger partial charge in [-0.15, -0.1) is 0 Å². The van der Waals surface area contributed by atoms with Crippen LogP contribution >= 0.6 is 15.9 Å². The molecule has 1 N–H and O–H groups in total. The maximum atomic E-state index is 12.0. The molecule has 0 bridgehead atoms. The summed E-state index contributed by atoms with van der Waals surface area (Å²) in [5.74, 6) is 0.446. The zero-order chi connectivity index (χ0) is 15.7. The van der Waals surface area contributed by atoms with Crippen LogP contribution in [0.1, 0.15) is 30.6 Å². The Kier molecular flexibility index (Phi) is 4.03. The van der Waals surface area contributed by atoms with Crippen molar-refractivity contribution in [1.29, 1.82) is 0 Å². The molecular formula is C18H15BrO3. The Morgan fingerprint density at radius 2 is 2.14 bits per heavy atom. The summed E-state index contributed by atoms with van der Waals surface area (Å²) in [7, 11) is 0. The second-order valence-corrected chi connectivity index (χ2v) is 6.23. The minimum absolute atomic E-state index is 0.0233. The Labute approximate surface area is 137 Å². The van der Waals surface area contributed by atoms with Gasteiger partial charge in [0.25, 0.3) is 0 Å². The molecule has 22 heavy (non-hydrogen) atoms. The molecule has 1 aromatic carbocycles. The zero-order valence-electron chi connectivity index (χ0n) is 12.0. The van der Waals surface area contributed by atoms with Crippen LogP contribution < -0.4 is 0 Å². The predicted molar refractivity (Wildman–Crippen MR) is 88.5 cm³/mol. The summed E-state index contributed by atoms with van der Waals surface area (Å²) in [6.45, 7) is 1.49. The lowest BCUT2D eigenvalue weighted by molar-refractivity contribution is -0.114. The third-order valence-electron chi connectivity index (χ3n) is 3.83. The number of Topliss-reactive ketones (excluding diaryl/α,β-unsaturated/α-hetero) is 1. The van der Waals surface area contributed by atoms with Gasteiger partial charge in [0.1, 0.15) is 11.5 Å². The summed E-state index contributed by atoms with van der Waals surface area (Å²) in [5, 5.41) is 10.3. The maximum Gasteiger partial charge on any atom is 0.160 e. The fraction of sp³-hybridized carbons (Fsp3) is 0.167. The van der Waals surface area contributed by atoms with Crippen LogP contribution in [0.3, 0.4) is 0 Å². The van der Waals surface area contributed by atoms with Crippen LogP contribution in [0.4, 0.5) is 0 Å². The number of aliphatic hydroxyl groups excluding tert-OH is 1. The number of hydrogen-bond acceptors (Lipinski definition) is 3. The van der Waals surface area contributed by atoms with Crippen molar-refractivity contribution < 1.29 is 14.3 Å². The topological polar surface area (TPSA) is 50.4 Å². The van der Waals surface area contributed by atoms with Gasteiger partial charge >= 0.3 is 0 Å². The monoisotopic (exact) mass is 358 g/mol. The van der Waals surface area contributed by atoms with E-state index in [-0.39, 0.29) is 17.5 Å². The smallest absolute Gasteiger partial charge is 0.160 e. The van der Waals surface area contributed by atoms with Crippen molar-refractivity contribution in [2.45, 2.75) is 19.3 Å². The van der Waals surface area contributed by atoms with Gasteiger partial charge in [0.15, 0.2) is 5.78 Å². The second kappa shape index (κ2) is 5.97. The molecule has 0 amide bonds. The normalized spacial score (nSPS) is 18.3. The van der Waals surface area contributed by atoms with Crippen LogP contribution in [0.2, 0.25) is 0 Å². The Morgan fingerprint density at radius 1 is 1.32 bits per heavy atom. The maximum absolute atomic E-state index is 12.0. The number of carbonyl (C=O) groups is 1. The number of benzene rings is 1. The van der Waals surface area contributed by atoms with Crippen molar-refractivity contribution >= 4 is 27.3 Å².